The fourth-order valence-electron chi connectivity index (χ4n) is 1.26. The Kier molecular flexibility index (Phi) is 4.08. The Morgan fingerprint density at radius 2 is 2.17 bits per heavy atom. The Hall–Kier alpha value is 0.470. The first-order chi connectivity index (χ1) is 5.61. The van der Waals surface area contributed by atoms with Gasteiger partial charge in [-0.3, -0.25) is 0 Å². The summed E-state index contributed by atoms with van der Waals surface area (Å²) >= 11 is 11.2. The monoisotopic (exact) mass is 266 g/mol. The zero-order valence-corrected chi connectivity index (χ0v) is 10.3. The molecule has 0 aliphatic carbocycles. The number of hydrogen-bond acceptors (Lipinski definition) is 1. The lowest BCUT2D eigenvalue weighted by atomic mass is 9.99. The Morgan fingerprint density at radius 3 is 2.58 bits per heavy atom. The van der Waals surface area contributed by atoms with Crippen LogP contribution in [-0.2, 0) is 0 Å². The van der Waals surface area contributed by atoms with Crippen LogP contribution in [0.2, 0.25) is 0 Å². The molecule has 1 rings (SSSR count). The van der Waals surface area contributed by atoms with Crippen LogP contribution in [0.3, 0.4) is 0 Å². The molecule has 0 amide bonds. The highest BCUT2D eigenvalue weighted by Crippen LogP contribution is 2.31. The van der Waals surface area contributed by atoms with Gasteiger partial charge in [0.25, 0.3) is 0 Å². The second-order valence-electron chi connectivity index (χ2n) is 3.09. The lowest BCUT2D eigenvalue weighted by Gasteiger charge is -2.11. The van der Waals surface area contributed by atoms with E-state index in [1.54, 1.807) is 11.3 Å². The van der Waals surface area contributed by atoms with Crippen LogP contribution in [0.25, 0.3) is 0 Å². The largest absolute Gasteiger partial charge is 0.151 e. The third-order valence-corrected chi connectivity index (χ3v) is 3.78. The molecule has 12 heavy (non-hydrogen) atoms. The number of thiophene rings is 1. The van der Waals surface area contributed by atoms with Crippen molar-refractivity contribution in [1.82, 2.24) is 0 Å². The third-order valence-electron chi connectivity index (χ3n) is 1.85. The highest BCUT2D eigenvalue weighted by atomic mass is 79.9. The molecule has 0 saturated carbocycles. The van der Waals surface area contributed by atoms with Gasteiger partial charge < -0.3 is 0 Å². The van der Waals surface area contributed by atoms with Crippen molar-refractivity contribution in [3.05, 3.63) is 20.8 Å². The minimum Gasteiger partial charge on any atom is -0.151 e. The molecule has 1 aromatic rings. The second kappa shape index (κ2) is 4.64. The summed E-state index contributed by atoms with van der Waals surface area (Å²) in [6, 6.07) is 0. The average molecular weight is 268 g/mol. The molecule has 68 valence electrons. The molecule has 3 heteroatoms. The summed E-state index contributed by atoms with van der Waals surface area (Å²) < 4.78 is 1.22. The van der Waals surface area contributed by atoms with E-state index in [4.69, 9.17) is 11.6 Å². The van der Waals surface area contributed by atoms with Crippen molar-refractivity contribution in [3.63, 3.8) is 0 Å². The van der Waals surface area contributed by atoms with Gasteiger partial charge in [-0.25, -0.2) is 0 Å². The molecular formula is C9H12BrClS. The fraction of sp³-hybridized carbons (Fsp3) is 0.556. The molecule has 0 spiro atoms. The van der Waals surface area contributed by atoms with E-state index in [1.807, 2.05) is 6.92 Å². The summed E-state index contributed by atoms with van der Waals surface area (Å²) in [6.07, 6.45) is 1.04. The first kappa shape index (κ1) is 10.6. The highest BCUT2D eigenvalue weighted by Gasteiger charge is 2.12. The molecule has 1 aromatic heterocycles. The van der Waals surface area contributed by atoms with Gasteiger partial charge >= 0.3 is 0 Å². The van der Waals surface area contributed by atoms with Crippen LogP contribution >= 0.6 is 38.9 Å². The van der Waals surface area contributed by atoms with E-state index >= 15 is 0 Å². The van der Waals surface area contributed by atoms with Crippen LogP contribution in [-0.4, -0.2) is 5.38 Å². The summed E-state index contributed by atoms with van der Waals surface area (Å²) in [5, 5.41) is 4.56. The van der Waals surface area contributed by atoms with Gasteiger partial charge in [0.05, 0.1) is 0 Å². The Labute approximate surface area is 91.1 Å². The SMILES string of the molecule is CC(Cl)CC(C)c1cscc1Br. The maximum Gasteiger partial charge on any atom is 0.0317 e. The molecule has 0 bridgehead atoms. The first-order valence-corrected chi connectivity index (χ1v) is 6.14. The van der Waals surface area contributed by atoms with Crippen molar-refractivity contribution >= 4 is 38.9 Å². The molecule has 0 aliphatic heterocycles. The Bertz CT molecular complexity index is 244. The highest BCUT2D eigenvalue weighted by molar-refractivity contribution is 9.10. The molecule has 0 N–H and O–H groups in total. The van der Waals surface area contributed by atoms with Gasteiger partial charge in [-0.2, -0.15) is 11.3 Å². The summed E-state index contributed by atoms with van der Waals surface area (Å²) in [5.74, 6) is 0.554. The van der Waals surface area contributed by atoms with Crippen molar-refractivity contribution in [2.75, 3.05) is 0 Å². The lowest BCUT2D eigenvalue weighted by Crippen LogP contribution is -1.99. The Balaban J connectivity index is 2.65. The molecule has 0 aromatic carbocycles. The molecule has 0 saturated heterocycles. The van der Waals surface area contributed by atoms with Gasteiger partial charge in [0.2, 0.25) is 0 Å². The lowest BCUT2D eigenvalue weighted by molar-refractivity contribution is 0.670. The van der Waals surface area contributed by atoms with E-state index in [2.05, 4.69) is 33.6 Å². The predicted molar refractivity (Wildman–Crippen MR) is 60.4 cm³/mol. The maximum absolute atomic E-state index is 5.93. The van der Waals surface area contributed by atoms with E-state index in [0.717, 1.165) is 6.42 Å². The molecule has 2 atom stereocenters. The van der Waals surface area contributed by atoms with Crippen molar-refractivity contribution in [2.24, 2.45) is 0 Å². The topological polar surface area (TPSA) is 0 Å². The van der Waals surface area contributed by atoms with Crippen LogP contribution in [0, 0.1) is 0 Å². The van der Waals surface area contributed by atoms with Crippen LogP contribution in [0.4, 0.5) is 0 Å². The van der Waals surface area contributed by atoms with Gasteiger partial charge in [0.15, 0.2) is 0 Å². The smallest absolute Gasteiger partial charge is 0.0317 e. The minimum atomic E-state index is 0.256. The standard InChI is InChI=1S/C9H12BrClS/c1-6(3-7(2)11)8-4-12-5-9(8)10/h4-7H,3H2,1-2H3. The van der Waals surface area contributed by atoms with E-state index in [0.29, 0.717) is 5.92 Å². The quantitative estimate of drug-likeness (QED) is 0.700. The summed E-state index contributed by atoms with van der Waals surface area (Å²) in [4.78, 5) is 0. The molecule has 0 radical (unpaired) electrons. The van der Waals surface area contributed by atoms with E-state index in [9.17, 15) is 0 Å². The van der Waals surface area contributed by atoms with Crippen LogP contribution in [0.15, 0.2) is 15.2 Å². The molecule has 0 nitrogen and oxygen atoms in total. The molecule has 1 heterocycles. The van der Waals surface area contributed by atoms with Gasteiger partial charge in [0.1, 0.15) is 0 Å². The molecule has 0 aliphatic rings. The first-order valence-electron chi connectivity index (χ1n) is 3.97. The summed E-state index contributed by atoms with van der Waals surface area (Å²) in [5.41, 5.74) is 1.38. The molecular weight excluding hydrogens is 256 g/mol. The average Bonchev–Trinajstić information content (AvgIpc) is 2.33. The number of halogens is 2. The summed E-state index contributed by atoms with van der Waals surface area (Å²) in [6.45, 7) is 4.25. The zero-order chi connectivity index (χ0) is 9.14. The minimum absolute atomic E-state index is 0.256. The number of alkyl halides is 1. The predicted octanol–water partition coefficient (Wildman–Crippen LogP) is 4.63. The number of rotatable bonds is 3. The van der Waals surface area contributed by atoms with Crippen LogP contribution < -0.4 is 0 Å². The van der Waals surface area contributed by atoms with Crippen LogP contribution in [0.1, 0.15) is 31.7 Å². The van der Waals surface area contributed by atoms with Gasteiger partial charge in [-0.05, 0) is 46.1 Å². The maximum atomic E-state index is 5.93. The van der Waals surface area contributed by atoms with Crippen molar-refractivity contribution < 1.29 is 0 Å². The van der Waals surface area contributed by atoms with Crippen molar-refractivity contribution in [1.29, 1.82) is 0 Å². The molecule has 0 fully saturated rings. The number of hydrogen-bond donors (Lipinski definition) is 0. The normalized spacial score (nSPS) is 16.0. The van der Waals surface area contributed by atoms with Gasteiger partial charge in [-0.15, -0.1) is 11.6 Å². The fourth-order valence-corrected chi connectivity index (χ4v) is 3.33. The van der Waals surface area contributed by atoms with E-state index in [1.165, 1.54) is 10.0 Å². The van der Waals surface area contributed by atoms with Gasteiger partial charge in [0, 0.05) is 15.2 Å². The second-order valence-corrected chi connectivity index (χ2v) is 5.44. The van der Waals surface area contributed by atoms with Crippen molar-refractivity contribution in [3.8, 4) is 0 Å². The van der Waals surface area contributed by atoms with Gasteiger partial charge in [-0.1, -0.05) is 6.92 Å². The van der Waals surface area contributed by atoms with E-state index in [-0.39, 0.29) is 5.38 Å². The Morgan fingerprint density at radius 1 is 1.50 bits per heavy atom. The van der Waals surface area contributed by atoms with Crippen molar-refractivity contribution in [2.45, 2.75) is 31.6 Å². The van der Waals surface area contributed by atoms with E-state index < -0.39 is 0 Å². The summed E-state index contributed by atoms with van der Waals surface area (Å²) in [7, 11) is 0. The van der Waals surface area contributed by atoms with Crippen LogP contribution in [0.5, 0.6) is 0 Å². The third kappa shape index (κ3) is 2.75. The molecule has 2 unspecified atom stereocenters. The zero-order valence-electron chi connectivity index (χ0n) is 7.18.